The van der Waals surface area contributed by atoms with Crippen molar-refractivity contribution in [2.75, 3.05) is 6.54 Å². The van der Waals surface area contributed by atoms with E-state index in [0.717, 1.165) is 6.42 Å². The number of hydrogen-bond donors (Lipinski definition) is 2. The molecule has 0 spiro atoms. The van der Waals surface area contributed by atoms with Crippen molar-refractivity contribution < 1.29 is 0 Å². The Bertz CT molecular complexity index is 219. The van der Waals surface area contributed by atoms with Gasteiger partial charge >= 0.3 is 0 Å². The van der Waals surface area contributed by atoms with Crippen LogP contribution in [0.5, 0.6) is 0 Å². The summed E-state index contributed by atoms with van der Waals surface area (Å²) in [5.41, 5.74) is 5.99. The number of hydrogen-bond acceptors (Lipinski definition) is 2. The van der Waals surface area contributed by atoms with Crippen molar-refractivity contribution in [3.8, 4) is 12.3 Å². The summed E-state index contributed by atoms with van der Waals surface area (Å²) in [5, 5.41) is 3.52. The van der Waals surface area contributed by atoms with Crippen LogP contribution in [-0.4, -0.2) is 18.1 Å². The van der Waals surface area contributed by atoms with Crippen LogP contribution in [-0.2, 0) is 0 Å². The lowest BCUT2D eigenvalue weighted by Gasteiger charge is -2.44. The molecule has 0 heterocycles. The number of terminal acetylenes is 1. The Morgan fingerprint density at radius 3 is 2.86 bits per heavy atom. The van der Waals surface area contributed by atoms with E-state index in [1.165, 1.54) is 19.3 Å². The average Bonchev–Trinajstić information content (AvgIpc) is 2.21. The van der Waals surface area contributed by atoms with Crippen LogP contribution in [0.2, 0.25) is 0 Å². The predicted octanol–water partition coefficient (Wildman–Crippen LogP) is 1.51. The molecule has 3 atom stereocenters. The third kappa shape index (κ3) is 2.29. The molecule has 1 aliphatic rings. The third-order valence-corrected chi connectivity index (χ3v) is 3.57. The first-order valence-electron chi connectivity index (χ1n) is 5.58. The standard InChI is InChI=1S/C12H22N2/c1-4-11(3)14-12(9-13)8-6-5-7-10(12)2/h1,10-11,14H,5-9,13H2,2-3H3. The minimum Gasteiger partial charge on any atom is -0.329 e. The van der Waals surface area contributed by atoms with E-state index < -0.39 is 0 Å². The smallest absolute Gasteiger partial charge is 0.0663 e. The van der Waals surface area contributed by atoms with Gasteiger partial charge in [0.05, 0.1) is 6.04 Å². The van der Waals surface area contributed by atoms with Crippen molar-refractivity contribution in [2.24, 2.45) is 11.7 Å². The highest BCUT2D eigenvalue weighted by Gasteiger charge is 2.37. The minimum absolute atomic E-state index is 0.0873. The van der Waals surface area contributed by atoms with Gasteiger partial charge in [-0.25, -0.2) is 0 Å². The second-order valence-electron chi connectivity index (χ2n) is 4.54. The van der Waals surface area contributed by atoms with Gasteiger partial charge in [0.25, 0.3) is 0 Å². The van der Waals surface area contributed by atoms with E-state index >= 15 is 0 Å². The van der Waals surface area contributed by atoms with Crippen molar-refractivity contribution in [3.05, 3.63) is 0 Å². The number of nitrogens with one attached hydrogen (secondary N) is 1. The molecule has 1 fully saturated rings. The van der Waals surface area contributed by atoms with Gasteiger partial charge in [0.1, 0.15) is 0 Å². The number of rotatable bonds is 3. The van der Waals surface area contributed by atoms with E-state index in [4.69, 9.17) is 12.2 Å². The van der Waals surface area contributed by atoms with Gasteiger partial charge in [-0.1, -0.05) is 25.7 Å². The summed E-state index contributed by atoms with van der Waals surface area (Å²) in [5.74, 6) is 3.36. The monoisotopic (exact) mass is 194 g/mol. The van der Waals surface area contributed by atoms with Crippen LogP contribution in [0.4, 0.5) is 0 Å². The maximum absolute atomic E-state index is 5.90. The molecule has 2 heteroatoms. The van der Waals surface area contributed by atoms with Crippen molar-refractivity contribution in [2.45, 2.75) is 51.1 Å². The fourth-order valence-corrected chi connectivity index (χ4v) is 2.46. The maximum atomic E-state index is 5.90. The Labute approximate surface area is 87.6 Å². The van der Waals surface area contributed by atoms with Crippen LogP contribution in [0.3, 0.4) is 0 Å². The zero-order valence-electron chi connectivity index (χ0n) is 9.34. The Kier molecular flexibility index (Phi) is 3.97. The van der Waals surface area contributed by atoms with E-state index in [1.54, 1.807) is 0 Å². The van der Waals surface area contributed by atoms with Crippen molar-refractivity contribution in [1.29, 1.82) is 0 Å². The summed E-state index contributed by atoms with van der Waals surface area (Å²) >= 11 is 0. The van der Waals surface area contributed by atoms with Gasteiger partial charge < -0.3 is 5.73 Å². The van der Waals surface area contributed by atoms with Crippen LogP contribution in [0.25, 0.3) is 0 Å². The van der Waals surface area contributed by atoms with Gasteiger partial charge in [-0.2, -0.15) is 0 Å². The summed E-state index contributed by atoms with van der Waals surface area (Å²) in [6, 6.07) is 0.124. The van der Waals surface area contributed by atoms with Crippen LogP contribution in [0.15, 0.2) is 0 Å². The van der Waals surface area contributed by atoms with Crippen molar-refractivity contribution in [1.82, 2.24) is 5.32 Å². The third-order valence-electron chi connectivity index (χ3n) is 3.57. The molecule has 2 nitrogen and oxygen atoms in total. The van der Waals surface area contributed by atoms with Crippen molar-refractivity contribution >= 4 is 0 Å². The van der Waals surface area contributed by atoms with Crippen LogP contribution >= 0.6 is 0 Å². The van der Waals surface area contributed by atoms with E-state index in [1.807, 2.05) is 6.92 Å². The van der Waals surface area contributed by atoms with Crippen LogP contribution in [0, 0.1) is 18.3 Å². The Hall–Kier alpha value is -0.520. The fraction of sp³-hybridized carbons (Fsp3) is 0.833. The maximum Gasteiger partial charge on any atom is 0.0663 e. The van der Waals surface area contributed by atoms with Gasteiger partial charge in [0, 0.05) is 12.1 Å². The molecule has 0 saturated heterocycles. The Morgan fingerprint density at radius 2 is 2.36 bits per heavy atom. The molecule has 0 aliphatic heterocycles. The lowest BCUT2D eigenvalue weighted by atomic mass is 9.73. The topological polar surface area (TPSA) is 38.0 Å². The molecule has 0 aromatic rings. The molecule has 3 unspecified atom stereocenters. The average molecular weight is 194 g/mol. The first kappa shape index (κ1) is 11.6. The van der Waals surface area contributed by atoms with Gasteiger partial charge in [-0.15, -0.1) is 6.42 Å². The highest BCUT2D eigenvalue weighted by atomic mass is 15.0. The molecule has 0 aromatic heterocycles. The molecule has 0 bridgehead atoms. The minimum atomic E-state index is 0.0873. The largest absolute Gasteiger partial charge is 0.329 e. The lowest BCUT2D eigenvalue weighted by molar-refractivity contribution is 0.156. The molecule has 1 saturated carbocycles. The summed E-state index contributed by atoms with van der Waals surface area (Å²) in [4.78, 5) is 0. The summed E-state index contributed by atoms with van der Waals surface area (Å²) in [6.45, 7) is 5.00. The van der Waals surface area contributed by atoms with E-state index in [0.29, 0.717) is 12.5 Å². The molecule has 0 aromatic carbocycles. The van der Waals surface area contributed by atoms with Crippen LogP contribution in [0.1, 0.15) is 39.5 Å². The summed E-state index contributed by atoms with van der Waals surface area (Å²) in [7, 11) is 0. The normalized spacial score (nSPS) is 34.9. The Morgan fingerprint density at radius 1 is 1.64 bits per heavy atom. The first-order valence-corrected chi connectivity index (χ1v) is 5.58. The van der Waals surface area contributed by atoms with E-state index in [2.05, 4.69) is 18.2 Å². The molecule has 3 N–H and O–H groups in total. The van der Waals surface area contributed by atoms with Gasteiger partial charge in [-0.05, 0) is 25.7 Å². The molecule has 80 valence electrons. The predicted molar refractivity (Wildman–Crippen MR) is 60.8 cm³/mol. The molecule has 0 radical (unpaired) electrons. The first-order chi connectivity index (χ1) is 6.64. The van der Waals surface area contributed by atoms with Gasteiger partial charge in [0.2, 0.25) is 0 Å². The highest BCUT2D eigenvalue weighted by molar-refractivity contribution is 5.04. The molecule has 1 aliphatic carbocycles. The lowest BCUT2D eigenvalue weighted by Crippen LogP contribution is -2.59. The van der Waals surface area contributed by atoms with Crippen LogP contribution < -0.4 is 11.1 Å². The zero-order valence-corrected chi connectivity index (χ0v) is 9.34. The molecule has 14 heavy (non-hydrogen) atoms. The molecular weight excluding hydrogens is 172 g/mol. The number of nitrogens with two attached hydrogens (primary N) is 1. The zero-order chi connectivity index (χ0) is 10.6. The highest BCUT2D eigenvalue weighted by Crippen LogP contribution is 2.33. The van der Waals surface area contributed by atoms with E-state index in [9.17, 15) is 0 Å². The Balaban J connectivity index is 2.68. The second kappa shape index (κ2) is 4.82. The van der Waals surface area contributed by atoms with Crippen molar-refractivity contribution in [3.63, 3.8) is 0 Å². The van der Waals surface area contributed by atoms with Gasteiger partial charge in [-0.3, -0.25) is 5.32 Å². The van der Waals surface area contributed by atoms with E-state index in [-0.39, 0.29) is 11.6 Å². The quantitative estimate of drug-likeness (QED) is 0.668. The molecular formula is C12H22N2. The SMILES string of the molecule is C#CC(C)NC1(CN)CCCCC1C. The van der Waals surface area contributed by atoms with Gasteiger partial charge in [0.15, 0.2) is 0 Å². The molecule has 0 amide bonds. The fourth-order valence-electron chi connectivity index (χ4n) is 2.46. The summed E-state index contributed by atoms with van der Waals surface area (Å²) in [6.07, 6.45) is 10.4. The summed E-state index contributed by atoms with van der Waals surface area (Å²) < 4.78 is 0. The second-order valence-corrected chi connectivity index (χ2v) is 4.54. The molecule has 1 rings (SSSR count).